The van der Waals surface area contributed by atoms with Crippen molar-refractivity contribution in [2.75, 3.05) is 9.80 Å². The van der Waals surface area contributed by atoms with E-state index in [2.05, 4.69) is 187 Å². The maximum atomic E-state index is 2.83. The van der Waals surface area contributed by atoms with Crippen molar-refractivity contribution in [1.29, 1.82) is 0 Å². The minimum absolute atomic E-state index is 0.0662. The Labute approximate surface area is 395 Å². The fraction of sp³-hybridized carbons (Fsp3) is 0.475. The van der Waals surface area contributed by atoms with Gasteiger partial charge in [0.15, 0.2) is 0 Å². The molecule has 1 unspecified atom stereocenters. The number of hydrogen-bond acceptors (Lipinski definition) is 3. The zero-order valence-electron chi connectivity index (χ0n) is 42.5. The number of hydrogen-bond donors (Lipinski definition) is 0. The van der Waals surface area contributed by atoms with E-state index in [-0.39, 0.29) is 44.6 Å². The van der Waals surface area contributed by atoms with Crippen molar-refractivity contribution in [2.45, 2.75) is 187 Å². The summed E-state index contributed by atoms with van der Waals surface area (Å²) >= 11 is 2.05. The van der Waals surface area contributed by atoms with Gasteiger partial charge >= 0.3 is 0 Å². The highest BCUT2D eigenvalue weighted by atomic mass is 32.1. The topological polar surface area (TPSA) is 6.48 Å². The van der Waals surface area contributed by atoms with Crippen LogP contribution in [0.5, 0.6) is 0 Å². The third-order valence-corrected chi connectivity index (χ3v) is 19.8. The minimum atomic E-state index is -0.0975. The summed E-state index contributed by atoms with van der Waals surface area (Å²) in [5, 5.41) is 2.86. The van der Waals surface area contributed by atoms with Gasteiger partial charge in [-0.05, 0) is 199 Å². The van der Waals surface area contributed by atoms with Crippen molar-refractivity contribution in [3.63, 3.8) is 0 Å². The Bertz CT molecular complexity index is 3130. The number of benzene rings is 5. The summed E-state index contributed by atoms with van der Waals surface area (Å²) in [5.41, 5.74) is 26.9. The van der Waals surface area contributed by atoms with Crippen LogP contribution in [0.1, 0.15) is 191 Å². The van der Waals surface area contributed by atoms with Gasteiger partial charge in [-0.3, -0.25) is 0 Å². The highest BCUT2D eigenvalue weighted by molar-refractivity contribution is 7.26. The molecule has 2 nitrogen and oxygen atoms in total. The SMILES string of the molecule is Cc1cc2c3c(c1)N1c4cc5c(cc4C4(C)CCC(C)(C)c6ccc(c1c64)B3c1c(sc3cc4c(cc13)C(C)(C)CCC4(C)C)N2c1ccc(C(C)(C)C)cc1C)C(C)(C)CCC5(C)C. The summed E-state index contributed by atoms with van der Waals surface area (Å²) in [6, 6.07) is 28.4. The molecule has 0 saturated carbocycles. The second-order valence-electron chi connectivity index (χ2n) is 26.4. The minimum Gasteiger partial charge on any atom is -0.311 e. The molecule has 6 aromatic rings. The Kier molecular flexibility index (Phi) is 8.18. The molecule has 0 fully saturated rings. The van der Waals surface area contributed by atoms with E-state index in [9.17, 15) is 0 Å². The zero-order chi connectivity index (χ0) is 46.1. The molecule has 0 radical (unpaired) electrons. The molecular weight excluding hydrogens is 804 g/mol. The maximum Gasteiger partial charge on any atom is 0.254 e. The van der Waals surface area contributed by atoms with E-state index < -0.39 is 0 Å². The molecule has 334 valence electrons. The summed E-state index contributed by atoms with van der Waals surface area (Å²) in [5.74, 6) is 0. The van der Waals surface area contributed by atoms with Gasteiger partial charge in [0.05, 0.1) is 10.7 Å². The van der Waals surface area contributed by atoms with Crippen LogP contribution in [-0.2, 0) is 37.9 Å². The number of aryl methyl sites for hydroxylation is 2. The van der Waals surface area contributed by atoms with Gasteiger partial charge < -0.3 is 9.80 Å². The molecule has 65 heavy (non-hydrogen) atoms. The van der Waals surface area contributed by atoms with Crippen LogP contribution >= 0.6 is 11.3 Å². The van der Waals surface area contributed by atoms with Crippen LogP contribution in [0.25, 0.3) is 10.1 Å². The molecule has 0 N–H and O–H groups in total. The molecule has 0 saturated heterocycles. The summed E-state index contributed by atoms with van der Waals surface area (Å²) in [4.78, 5) is 5.55. The molecule has 0 spiro atoms. The third-order valence-electron chi connectivity index (χ3n) is 18.6. The molecule has 6 aliphatic rings. The zero-order valence-corrected chi connectivity index (χ0v) is 43.3. The van der Waals surface area contributed by atoms with Gasteiger partial charge in [0.2, 0.25) is 0 Å². The van der Waals surface area contributed by atoms with E-state index in [4.69, 9.17) is 0 Å². The van der Waals surface area contributed by atoms with Crippen LogP contribution in [-0.4, -0.2) is 6.71 Å². The predicted molar refractivity (Wildman–Crippen MR) is 283 cm³/mol. The standard InChI is InChI=1S/C61H71BN2S/c1-34-27-47-52-48(28-34)64(45-20-17-36(29-35(45)2)55(3,4)5)54-51(37-30-39-42(33-49(37)65-54)60(14,15)24-21-57(39,8)9)62(52)44-19-18-38-50-53(44)63(47)46-32-41-40(58(10,11)22-23-59(41,12)13)31-43(46)61(50,16)26-25-56(38,6)7/h17-20,27-33H,21-26H2,1-16H3. The van der Waals surface area contributed by atoms with Gasteiger partial charge in [0.1, 0.15) is 0 Å². The number of nitrogens with zero attached hydrogens (tertiary/aromatic N) is 2. The fourth-order valence-electron chi connectivity index (χ4n) is 14.1. The number of thiophene rings is 1. The van der Waals surface area contributed by atoms with E-state index in [0.29, 0.717) is 0 Å². The van der Waals surface area contributed by atoms with E-state index in [1.54, 1.807) is 33.4 Å². The van der Waals surface area contributed by atoms with Gasteiger partial charge in [0, 0.05) is 32.9 Å². The first-order valence-corrected chi connectivity index (χ1v) is 25.9. The quantitative estimate of drug-likeness (QED) is 0.152. The molecule has 1 aromatic heterocycles. The average Bonchev–Trinajstić information content (AvgIpc) is 3.60. The van der Waals surface area contributed by atoms with Crippen molar-refractivity contribution < 1.29 is 0 Å². The monoisotopic (exact) mass is 875 g/mol. The van der Waals surface area contributed by atoms with Crippen molar-refractivity contribution >= 4 is 78.0 Å². The average molecular weight is 875 g/mol. The van der Waals surface area contributed by atoms with Crippen LogP contribution in [0.4, 0.5) is 33.4 Å². The van der Waals surface area contributed by atoms with Gasteiger partial charge in [-0.25, -0.2) is 0 Å². The number of anilines is 6. The summed E-state index contributed by atoms with van der Waals surface area (Å²) in [7, 11) is 0. The first kappa shape index (κ1) is 42.1. The fourth-order valence-corrected chi connectivity index (χ4v) is 15.4. The first-order valence-electron chi connectivity index (χ1n) is 25.1. The van der Waals surface area contributed by atoms with Crippen LogP contribution in [0.2, 0.25) is 0 Å². The Morgan fingerprint density at radius 3 is 1.68 bits per heavy atom. The predicted octanol–water partition coefficient (Wildman–Crippen LogP) is 15.3. The molecule has 3 aliphatic heterocycles. The van der Waals surface area contributed by atoms with Gasteiger partial charge in [-0.15, -0.1) is 11.3 Å². The van der Waals surface area contributed by atoms with E-state index in [0.717, 1.165) is 6.42 Å². The molecule has 0 bridgehead atoms. The number of rotatable bonds is 1. The molecular formula is C61H71BN2S. The highest BCUT2D eigenvalue weighted by Gasteiger charge is 2.55. The van der Waals surface area contributed by atoms with Crippen LogP contribution < -0.4 is 26.2 Å². The third kappa shape index (κ3) is 5.47. The Balaban J connectivity index is 1.24. The lowest BCUT2D eigenvalue weighted by Gasteiger charge is -2.55. The normalized spacial score (nSPS) is 23.0. The van der Waals surface area contributed by atoms with Crippen LogP contribution in [0.3, 0.4) is 0 Å². The second kappa shape index (κ2) is 12.6. The molecule has 0 amide bonds. The van der Waals surface area contributed by atoms with E-state index in [1.807, 2.05) is 11.3 Å². The van der Waals surface area contributed by atoms with Gasteiger partial charge in [-0.1, -0.05) is 127 Å². The largest absolute Gasteiger partial charge is 0.311 e. The molecule has 12 rings (SSSR count). The van der Waals surface area contributed by atoms with Crippen LogP contribution in [0.15, 0.2) is 66.7 Å². The highest BCUT2D eigenvalue weighted by Crippen LogP contribution is 2.63. The first-order chi connectivity index (χ1) is 30.3. The Morgan fingerprint density at radius 2 is 1.06 bits per heavy atom. The van der Waals surface area contributed by atoms with Crippen molar-refractivity contribution in [1.82, 2.24) is 0 Å². The molecule has 4 heteroatoms. The lowest BCUT2D eigenvalue weighted by Crippen LogP contribution is -2.62. The Hall–Kier alpha value is -4.28. The van der Waals surface area contributed by atoms with Crippen molar-refractivity contribution in [2.24, 2.45) is 0 Å². The molecule has 4 heterocycles. The van der Waals surface area contributed by atoms with Crippen LogP contribution in [0, 0.1) is 13.8 Å². The van der Waals surface area contributed by atoms with E-state index in [1.165, 1.54) is 114 Å². The van der Waals surface area contributed by atoms with E-state index >= 15 is 0 Å². The molecule has 5 aromatic carbocycles. The summed E-state index contributed by atoms with van der Waals surface area (Å²) < 4.78 is 1.43. The lowest BCUT2D eigenvalue weighted by atomic mass is 9.32. The van der Waals surface area contributed by atoms with Gasteiger partial charge in [-0.2, -0.15) is 0 Å². The summed E-state index contributed by atoms with van der Waals surface area (Å²) in [6.07, 6.45) is 7.20. The maximum absolute atomic E-state index is 2.83. The number of fused-ring (bicyclic) bond motifs is 11. The smallest absolute Gasteiger partial charge is 0.254 e. The van der Waals surface area contributed by atoms with Crippen molar-refractivity contribution in [3.05, 3.63) is 122 Å². The lowest BCUT2D eigenvalue weighted by molar-refractivity contribution is 0.327. The van der Waals surface area contributed by atoms with Crippen molar-refractivity contribution in [3.8, 4) is 0 Å². The second-order valence-corrected chi connectivity index (χ2v) is 27.4. The Morgan fingerprint density at radius 1 is 0.508 bits per heavy atom. The van der Waals surface area contributed by atoms with Gasteiger partial charge in [0.25, 0.3) is 6.71 Å². The summed E-state index contributed by atoms with van der Waals surface area (Å²) in [6.45, 7) is 39.5. The molecule has 1 atom stereocenters. The molecule has 3 aliphatic carbocycles.